The van der Waals surface area contributed by atoms with Crippen molar-refractivity contribution < 1.29 is 0 Å². The number of hydrogen-bond acceptors (Lipinski definition) is 4. The fourth-order valence-electron chi connectivity index (χ4n) is 1.18. The summed E-state index contributed by atoms with van der Waals surface area (Å²) < 4.78 is 3.19. The largest absolute Gasteiger partial charge is 0.359 e. The minimum absolute atomic E-state index is 0.878. The minimum Gasteiger partial charge on any atom is -0.359 e. The smallest absolute Gasteiger partial charge is 0.134 e. The van der Waals surface area contributed by atoms with Crippen molar-refractivity contribution in [2.75, 3.05) is 18.6 Å². The summed E-state index contributed by atoms with van der Waals surface area (Å²) in [5, 5.41) is 1.06. The van der Waals surface area contributed by atoms with Crippen molar-refractivity contribution in [1.29, 1.82) is 0 Å². The molecular formula is C8H11N3S. The Morgan fingerprint density at radius 1 is 1.67 bits per heavy atom. The number of aryl methyl sites for hydroxylation is 1. The second-order valence-electron chi connectivity index (χ2n) is 2.94. The van der Waals surface area contributed by atoms with Crippen LogP contribution in [0, 0.1) is 6.92 Å². The van der Waals surface area contributed by atoms with Crippen LogP contribution in [0.2, 0.25) is 0 Å². The molecule has 64 valence electrons. The molecule has 0 saturated heterocycles. The molecule has 1 aliphatic heterocycles. The van der Waals surface area contributed by atoms with Gasteiger partial charge in [-0.3, -0.25) is 0 Å². The lowest BCUT2D eigenvalue weighted by Crippen LogP contribution is -2.31. The Labute approximate surface area is 76.3 Å². The van der Waals surface area contributed by atoms with E-state index in [9.17, 15) is 0 Å². The highest BCUT2D eigenvalue weighted by atomic mass is 32.2. The maximum atomic E-state index is 4.33. The van der Waals surface area contributed by atoms with Crippen LogP contribution in [0.5, 0.6) is 0 Å². The van der Waals surface area contributed by atoms with Crippen LogP contribution in [-0.4, -0.2) is 18.7 Å². The zero-order chi connectivity index (χ0) is 8.55. The third-order valence-corrected chi connectivity index (χ3v) is 2.63. The number of anilines is 1. The van der Waals surface area contributed by atoms with E-state index in [0.717, 1.165) is 11.7 Å². The van der Waals surface area contributed by atoms with Gasteiger partial charge in [-0.15, -0.1) is 0 Å². The number of nitrogens with one attached hydrogen (secondary N) is 1. The number of nitrogens with zero attached hydrogens (tertiary/aromatic N) is 2. The average Bonchev–Trinajstić information content (AvgIpc) is 2.07. The predicted octanol–water partition coefficient (Wildman–Crippen LogP) is 1.39. The third kappa shape index (κ3) is 1.28. The van der Waals surface area contributed by atoms with Crippen LogP contribution in [0.15, 0.2) is 17.3 Å². The van der Waals surface area contributed by atoms with Crippen molar-refractivity contribution in [3.8, 4) is 0 Å². The lowest BCUT2D eigenvalue weighted by Gasteiger charge is -2.26. The van der Waals surface area contributed by atoms with Gasteiger partial charge >= 0.3 is 0 Å². The molecule has 12 heavy (non-hydrogen) atoms. The zero-order valence-corrected chi connectivity index (χ0v) is 7.98. The van der Waals surface area contributed by atoms with Crippen molar-refractivity contribution >= 4 is 17.6 Å². The van der Waals surface area contributed by atoms with Gasteiger partial charge in [-0.2, -0.15) is 0 Å². The van der Waals surface area contributed by atoms with Crippen LogP contribution in [0.4, 0.5) is 5.69 Å². The van der Waals surface area contributed by atoms with Gasteiger partial charge in [0, 0.05) is 13.2 Å². The monoisotopic (exact) mass is 181 g/mol. The van der Waals surface area contributed by atoms with E-state index in [2.05, 4.69) is 34.6 Å². The third-order valence-electron chi connectivity index (χ3n) is 1.85. The first kappa shape index (κ1) is 7.89. The molecule has 0 aliphatic carbocycles. The first-order valence-corrected chi connectivity index (χ1v) is 4.66. The van der Waals surface area contributed by atoms with Crippen LogP contribution in [0.3, 0.4) is 0 Å². The maximum Gasteiger partial charge on any atom is 0.134 e. The lowest BCUT2D eigenvalue weighted by atomic mass is 10.3. The van der Waals surface area contributed by atoms with Crippen LogP contribution in [0.1, 0.15) is 5.56 Å². The van der Waals surface area contributed by atoms with Gasteiger partial charge in [0.1, 0.15) is 5.03 Å². The molecule has 1 aromatic rings. The minimum atomic E-state index is 0.878. The molecule has 0 aromatic carbocycles. The van der Waals surface area contributed by atoms with E-state index in [-0.39, 0.29) is 0 Å². The standard InChI is InChI=1S/C8H11N3S/c1-6-3-7-8(9-4-6)12-10-5-11(7)2/h3-4,10H,5H2,1-2H3. The van der Waals surface area contributed by atoms with Crippen LogP contribution >= 0.6 is 11.9 Å². The van der Waals surface area contributed by atoms with Gasteiger partial charge in [-0.05, 0) is 30.5 Å². The van der Waals surface area contributed by atoms with Crippen molar-refractivity contribution in [3.63, 3.8) is 0 Å². The molecule has 3 nitrogen and oxygen atoms in total. The Hall–Kier alpha value is -0.740. The SMILES string of the molecule is Cc1cnc2c(c1)N(C)CNS2. The summed E-state index contributed by atoms with van der Waals surface area (Å²) >= 11 is 1.60. The molecule has 0 fully saturated rings. The fraction of sp³-hybridized carbons (Fsp3) is 0.375. The van der Waals surface area contributed by atoms with Crippen LogP contribution in [0.25, 0.3) is 0 Å². The normalized spacial score (nSPS) is 16.0. The number of aromatic nitrogens is 1. The summed E-state index contributed by atoms with van der Waals surface area (Å²) in [6.07, 6.45) is 1.90. The molecule has 1 N–H and O–H groups in total. The molecule has 0 saturated carbocycles. The summed E-state index contributed by atoms with van der Waals surface area (Å²) in [4.78, 5) is 6.49. The van der Waals surface area contributed by atoms with Crippen LogP contribution in [-0.2, 0) is 0 Å². The van der Waals surface area contributed by atoms with Crippen molar-refractivity contribution in [2.24, 2.45) is 0 Å². The van der Waals surface area contributed by atoms with Gasteiger partial charge in [0.05, 0.1) is 12.4 Å². The fourth-order valence-corrected chi connectivity index (χ4v) is 2.00. The van der Waals surface area contributed by atoms with Gasteiger partial charge in [0.25, 0.3) is 0 Å². The van der Waals surface area contributed by atoms with Gasteiger partial charge in [0.2, 0.25) is 0 Å². The van der Waals surface area contributed by atoms with Gasteiger partial charge in [-0.25, -0.2) is 9.71 Å². The van der Waals surface area contributed by atoms with E-state index in [1.165, 1.54) is 11.3 Å². The maximum absolute atomic E-state index is 4.33. The van der Waals surface area contributed by atoms with E-state index >= 15 is 0 Å². The van der Waals surface area contributed by atoms with E-state index in [1.807, 2.05) is 6.20 Å². The van der Waals surface area contributed by atoms with E-state index < -0.39 is 0 Å². The predicted molar refractivity (Wildman–Crippen MR) is 51.2 cm³/mol. The quantitative estimate of drug-likeness (QED) is 0.612. The topological polar surface area (TPSA) is 28.2 Å². The molecule has 1 aromatic heterocycles. The first-order valence-electron chi connectivity index (χ1n) is 3.85. The number of pyridine rings is 1. The van der Waals surface area contributed by atoms with Crippen molar-refractivity contribution in [3.05, 3.63) is 17.8 Å². The highest BCUT2D eigenvalue weighted by molar-refractivity contribution is 7.97. The summed E-state index contributed by atoms with van der Waals surface area (Å²) in [6.45, 7) is 2.94. The molecule has 2 rings (SSSR count). The Morgan fingerprint density at radius 3 is 3.33 bits per heavy atom. The van der Waals surface area contributed by atoms with E-state index in [4.69, 9.17) is 0 Å². The number of rotatable bonds is 0. The first-order chi connectivity index (χ1) is 5.77. The molecular weight excluding hydrogens is 170 g/mol. The molecule has 4 heteroatoms. The van der Waals surface area contributed by atoms with Crippen LogP contribution < -0.4 is 9.62 Å². The zero-order valence-electron chi connectivity index (χ0n) is 7.16. The molecule has 0 radical (unpaired) electrons. The number of fused-ring (bicyclic) bond motifs is 1. The van der Waals surface area contributed by atoms with Gasteiger partial charge < -0.3 is 4.90 Å². The molecule has 0 atom stereocenters. The molecule has 0 unspecified atom stereocenters. The Balaban J connectivity index is 2.47. The summed E-state index contributed by atoms with van der Waals surface area (Å²) in [6, 6.07) is 2.16. The van der Waals surface area contributed by atoms with Crippen molar-refractivity contribution in [1.82, 2.24) is 9.71 Å². The molecule has 1 aliphatic rings. The lowest BCUT2D eigenvalue weighted by molar-refractivity contribution is 0.831. The summed E-state index contributed by atoms with van der Waals surface area (Å²) in [7, 11) is 2.06. The Morgan fingerprint density at radius 2 is 2.50 bits per heavy atom. The van der Waals surface area contributed by atoms with Crippen molar-refractivity contribution in [2.45, 2.75) is 11.9 Å². The highest BCUT2D eigenvalue weighted by Gasteiger charge is 2.14. The highest BCUT2D eigenvalue weighted by Crippen LogP contribution is 2.29. The molecule has 0 spiro atoms. The second-order valence-corrected chi connectivity index (χ2v) is 3.82. The second kappa shape index (κ2) is 2.95. The molecule has 2 heterocycles. The summed E-state index contributed by atoms with van der Waals surface area (Å²) in [5.74, 6) is 0. The van der Waals surface area contributed by atoms with Gasteiger partial charge in [0.15, 0.2) is 0 Å². The Kier molecular flexibility index (Phi) is 1.94. The van der Waals surface area contributed by atoms with E-state index in [0.29, 0.717) is 0 Å². The average molecular weight is 181 g/mol. The number of hydrogen-bond donors (Lipinski definition) is 1. The molecule has 0 amide bonds. The van der Waals surface area contributed by atoms with Gasteiger partial charge in [-0.1, -0.05) is 0 Å². The van der Waals surface area contributed by atoms with E-state index in [1.54, 1.807) is 11.9 Å². The molecule has 0 bridgehead atoms. The summed E-state index contributed by atoms with van der Waals surface area (Å²) in [5.41, 5.74) is 2.43. The Bertz CT molecular complexity index is 300.